The average Bonchev–Trinajstić information content (AvgIpc) is 2.82. The predicted molar refractivity (Wildman–Crippen MR) is 71.9 cm³/mol. The lowest BCUT2D eigenvalue weighted by Gasteiger charge is -2.14. The number of aryl methyl sites for hydroxylation is 1. The molecular formula is C13H16N2OS. The van der Waals surface area contributed by atoms with Crippen LogP contribution in [-0.2, 0) is 6.54 Å². The summed E-state index contributed by atoms with van der Waals surface area (Å²) in [5.74, 6) is 0.953. The summed E-state index contributed by atoms with van der Waals surface area (Å²) in [5.41, 5.74) is 3.40. The molecule has 2 rings (SSSR count). The zero-order valence-electron chi connectivity index (χ0n) is 10.3. The molecule has 0 atom stereocenters. The number of thiazole rings is 1. The van der Waals surface area contributed by atoms with Crippen molar-refractivity contribution >= 4 is 17.0 Å². The van der Waals surface area contributed by atoms with E-state index in [1.54, 1.807) is 18.4 Å². The highest BCUT2D eigenvalue weighted by atomic mass is 32.1. The first-order valence-corrected chi connectivity index (χ1v) is 6.36. The van der Waals surface area contributed by atoms with Gasteiger partial charge in [0.15, 0.2) is 0 Å². The number of hydrogen-bond acceptors (Lipinski definition) is 4. The Kier molecular flexibility index (Phi) is 3.64. The monoisotopic (exact) mass is 248 g/mol. The molecular weight excluding hydrogens is 232 g/mol. The van der Waals surface area contributed by atoms with Gasteiger partial charge in [-0.1, -0.05) is 6.07 Å². The number of hydrogen-bond donors (Lipinski definition) is 1. The van der Waals surface area contributed by atoms with Crippen LogP contribution in [0.25, 0.3) is 0 Å². The van der Waals surface area contributed by atoms with Gasteiger partial charge < -0.3 is 10.1 Å². The van der Waals surface area contributed by atoms with E-state index in [0.29, 0.717) is 0 Å². The molecule has 1 N–H and O–H groups in total. The standard InChI is InChI=1S/C13H16N2OS/c1-9-4-5-11(10(2)13(9)16-3)15-8-12-14-6-7-17-12/h4-7,15H,8H2,1-3H3. The van der Waals surface area contributed by atoms with E-state index in [0.717, 1.165) is 34.1 Å². The molecule has 2 aromatic rings. The Balaban J connectivity index is 2.16. The quantitative estimate of drug-likeness (QED) is 0.900. The van der Waals surface area contributed by atoms with Crippen LogP contribution in [0.5, 0.6) is 5.75 Å². The van der Waals surface area contributed by atoms with Crippen molar-refractivity contribution in [2.75, 3.05) is 12.4 Å². The van der Waals surface area contributed by atoms with Crippen LogP contribution in [0.2, 0.25) is 0 Å². The van der Waals surface area contributed by atoms with Gasteiger partial charge >= 0.3 is 0 Å². The topological polar surface area (TPSA) is 34.1 Å². The first-order valence-electron chi connectivity index (χ1n) is 5.49. The van der Waals surface area contributed by atoms with Crippen LogP contribution in [-0.4, -0.2) is 12.1 Å². The molecule has 0 saturated heterocycles. The fraction of sp³-hybridized carbons (Fsp3) is 0.308. The van der Waals surface area contributed by atoms with Gasteiger partial charge in [0.05, 0.1) is 13.7 Å². The van der Waals surface area contributed by atoms with Crippen LogP contribution in [0, 0.1) is 13.8 Å². The third kappa shape index (κ3) is 2.58. The van der Waals surface area contributed by atoms with Gasteiger partial charge in [0, 0.05) is 22.8 Å². The number of ether oxygens (including phenoxy) is 1. The number of nitrogens with one attached hydrogen (secondary N) is 1. The summed E-state index contributed by atoms with van der Waals surface area (Å²) < 4.78 is 5.40. The maximum atomic E-state index is 5.40. The van der Waals surface area contributed by atoms with Gasteiger partial charge in [-0.3, -0.25) is 0 Å². The van der Waals surface area contributed by atoms with E-state index < -0.39 is 0 Å². The van der Waals surface area contributed by atoms with Crippen molar-refractivity contribution in [1.29, 1.82) is 0 Å². The first-order chi connectivity index (χ1) is 8.22. The number of benzene rings is 1. The predicted octanol–water partition coefficient (Wildman–Crippen LogP) is 3.38. The van der Waals surface area contributed by atoms with Crippen molar-refractivity contribution in [2.24, 2.45) is 0 Å². The Hall–Kier alpha value is -1.55. The Morgan fingerprint density at radius 2 is 2.18 bits per heavy atom. The molecule has 90 valence electrons. The molecule has 0 bridgehead atoms. The van der Waals surface area contributed by atoms with Crippen LogP contribution >= 0.6 is 11.3 Å². The average molecular weight is 248 g/mol. The lowest BCUT2D eigenvalue weighted by atomic mass is 10.1. The van der Waals surface area contributed by atoms with E-state index in [9.17, 15) is 0 Å². The van der Waals surface area contributed by atoms with Gasteiger partial charge in [-0.25, -0.2) is 4.98 Å². The van der Waals surface area contributed by atoms with E-state index in [-0.39, 0.29) is 0 Å². The van der Waals surface area contributed by atoms with Crippen LogP contribution in [0.1, 0.15) is 16.1 Å². The molecule has 0 unspecified atom stereocenters. The minimum Gasteiger partial charge on any atom is -0.496 e. The van der Waals surface area contributed by atoms with Crippen molar-refractivity contribution in [3.63, 3.8) is 0 Å². The summed E-state index contributed by atoms with van der Waals surface area (Å²) in [6, 6.07) is 4.15. The molecule has 1 aromatic carbocycles. The smallest absolute Gasteiger partial charge is 0.126 e. The maximum Gasteiger partial charge on any atom is 0.126 e. The number of anilines is 1. The fourth-order valence-corrected chi connectivity index (χ4v) is 2.40. The van der Waals surface area contributed by atoms with Gasteiger partial charge in [-0.2, -0.15) is 0 Å². The number of methoxy groups -OCH3 is 1. The second-order valence-electron chi connectivity index (χ2n) is 3.87. The minimum absolute atomic E-state index is 0.755. The van der Waals surface area contributed by atoms with Crippen molar-refractivity contribution in [1.82, 2.24) is 4.98 Å². The summed E-state index contributed by atoms with van der Waals surface area (Å²) in [5, 5.41) is 6.46. The zero-order valence-corrected chi connectivity index (χ0v) is 11.1. The van der Waals surface area contributed by atoms with E-state index in [1.807, 2.05) is 11.6 Å². The van der Waals surface area contributed by atoms with Crippen molar-refractivity contribution in [3.8, 4) is 5.75 Å². The normalized spacial score (nSPS) is 10.3. The molecule has 3 nitrogen and oxygen atoms in total. The molecule has 0 radical (unpaired) electrons. The molecule has 0 saturated carbocycles. The summed E-state index contributed by atoms with van der Waals surface area (Å²) >= 11 is 1.66. The Morgan fingerprint density at radius 3 is 2.82 bits per heavy atom. The molecule has 0 fully saturated rings. The molecule has 0 aliphatic rings. The van der Waals surface area contributed by atoms with Crippen LogP contribution < -0.4 is 10.1 Å². The first kappa shape index (κ1) is 11.9. The molecule has 4 heteroatoms. The van der Waals surface area contributed by atoms with Crippen molar-refractivity contribution < 1.29 is 4.74 Å². The summed E-state index contributed by atoms with van der Waals surface area (Å²) in [6.07, 6.45) is 1.82. The van der Waals surface area contributed by atoms with Crippen molar-refractivity contribution in [3.05, 3.63) is 39.8 Å². The van der Waals surface area contributed by atoms with E-state index in [4.69, 9.17) is 4.74 Å². The molecule has 0 spiro atoms. The number of rotatable bonds is 4. The van der Waals surface area contributed by atoms with Gasteiger partial charge in [-0.05, 0) is 25.5 Å². The highest BCUT2D eigenvalue weighted by Gasteiger charge is 2.07. The van der Waals surface area contributed by atoms with E-state index in [2.05, 4.69) is 36.3 Å². The summed E-state index contributed by atoms with van der Waals surface area (Å²) in [6.45, 7) is 4.87. The van der Waals surface area contributed by atoms with E-state index >= 15 is 0 Å². The van der Waals surface area contributed by atoms with Gasteiger partial charge in [0.25, 0.3) is 0 Å². The third-order valence-corrected chi connectivity index (χ3v) is 3.50. The molecule has 1 aromatic heterocycles. The Morgan fingerprint density at radius 1 is 1.35 bits per heavy atom. The highest BCUT2D eigenvalue weighted by molar-refractivity contribution is 7.09. The lowest BCUT2D eigenvalue weighted by molar-refractivity contribution is 0.409. The Bertz CT molecular complexity index is 494. The zero-order chi connectivity index (χ0) is 12.3. The Labute approximate surface area is 105 Å². The second kappa shape index (κ2) is 5.19. The summed E-state index contributed by atoms with van der Waals surface area (Å²) in [4.78, 5) is 4.25. The molecule has 0 aliphatic heterocycles. The third-order valence-electron chi connectivity index (χ3n) is 2.72. The largest absolute Gasteiger partial charge is 0.496 e. The van der Waals surface area contributed by atoms with Crippen LogP contribution in [0.15, 0.2) is 23.7 Å². The molecule has 0 amide bonds. The fourth-order valence-electron chi connectivity index (χ4n) is 1.84. The van der Waals surface area contributed by atoms with Gasteiger partial charge in [0.2, 0.25) is 0 Å². The van der Waals surface area contributed by atoms with Crippen LogP contribution in [0.4, 0.5) is 5.69 Å². The molecule has 17 heavy (non-hydrogen) atoms. The second-order valence-corrected chi connectivity index (χ2v) is 4.85. The van der Waals surface area contributed by atoms with Gasteiger partial charge in [0.1, 0.15) is 10.8 Å². The summed E-state index contributed by atoms with van der Waals surface area (Å²) in [7, 11) is 1.71. The van der Waals surface area contributed by atoms with E-state index in [1.165, 1.54) is 0 Å². The van der Waals surface area contributed by atoms with Crippen LogP contribution in [0.3, 0.4) is 0 Å². The number of nitrogens with zero attached hydrogens (tertiary/aromatic N) is 1. The SMILES string of the molecule is COc1c(C)ccc(NCc2nccs2)c1C. The molecule has 0 aliphatic carbocycles. The molecule has 1 heterocycles. The maximum absolute atomic E-state index is 5.40. The lowest BCUT2D eigenvalue weighted by Crippen LogP contribution is -2.02. The van der Waals surface area contributed by atoms with Crippen molar-refractivity contribution in [2.45, 2.75) is 20.4 Å². The van der Waals surface area contributed by atoms with Gasteiger partial charge in [-0.15, -0.1) is 11.3 Å². The highest BCUT2D eigenvalue weighted by Crippen LogP contribution is 2.29. The number of aromatic nitrogens is 1. The minimum atomic E-state index is 0.755.